The lowest BCUT2D eigenvalue weighted by Gasteiger charge is -2.16. The smallest absolute Gasteiger partial charge is 0.247 e. The standard InChI is InChI=1S/C18H17BrClN3O2/c1-23(10-13-9-14(19)5-8-16(13)24-2)11-17-21-22-18(25-17)12-3-6-15(20)7-4-12/h3-9H,10-11H2,1-2H3. The molecule has 0 spiro atoms. The van der Waals surface area contributed by atoms with Crippen LogP contribution in [0.15, 0.2) is 51.4 Å². The van der Waals surface area contributed by atoms with Crippen molar-refractivity contribution in [3.05, 3.63) is 63.4 Å². The third-order valence-electron chi connectivity index (χ3n) is 3.65. The van der Waals surface area contributed by atoms with Crippen molar-refractivity contribution >= 4 is 27.5 Å². The van der Waals surface area contributed by atoms with Gasteiger partial charge in [-0.2, -0.15) is 0 Å². The molecule has 0 saturated heterocycles. The summed E-state index contributed by atoms with van der Waals surface area (Å²) in [4.78, 5) is 2.09. The number of methoxy groups -OCH3 is 1. The van der Waals surface area contributed by atoms with Crippen LogP contribution in [0, 0.1) is 0 Å². The predicted octanol–water partition coefficient (Wildman–Crippen LogP) is 4.79. The molecule has 0 aliphatic rings. The summed E-state index contributed by atoms with van der Waals surface area (Å²) in [6.07, 6.45) is 0. The second-order valence-corrected chi connectivity index (χ2v) is 6.99. The first kappa shape index (κ1) is 17.9. The van der Waals surface area contributed by atoms with E-state index in [1.807, 2.05) is 37.4 Å². The lowest BCUT2D eigenvalue weighted by Crippen LogP contribution is -2.18. The number of hydrogen-bond donors (Lipinski definition) is 0. The summed E-state index contributed by atoms with van der Waals surface area (Å²) >= 11 is 9.39. The van der Waals surface area contributed by atoms with Gasteiger partial charge < -0.3 is 9.15 Å². The average Bonchev–Trinajstić information content (AvgIpc) is 3.04. The molecule has 3 rings (SSSR count). The number of hydrogen-bond acceptors (Lipinski definition) is 5. The lowest BCUT2D eigenvalue weighted by atomic mass is 10.2. The van der Waals surface area contributed by atoms with E-state index in [1.54, 1.807) is 19.2 Å². The molecule has 7 heteroatoms. The Labute approximate surface area is 159 Å². The van der Waals surface area contributed by atoms with Gasteiger partial charge in [-0.15, -0.1) is 10.2 Å². The maximum atomic E-state index is 5.90. The highest BCUT2D eigenvalue weighted by Crippen LogP contribution is 2.25. The summed E-state index contributed by atoms with van der Waals surface area (Å²) in [5, 5.41) is 8.90. The normalized spacial score (nSPS) is 11.1. The minimum atomic E-state index is 0.486. The van der Waals surface area contributed by atoms with Gasteiger partial charge in [-0.25, -0.2) is 0 Å². The molecule has 0 radical (unpaired) electrons. The third-order valence-corrected chi connectivity index (χ3v) is 4.39. The van der Waals surface area contributed by atoms with Crippen molar-refractivity contribution in [1.29, 1.82) is 0 Å². The molecule has 0 unspecified atom stereocenters. The molecule has 0 saturated carbocycles. The molecule has 0 atom stereocenters. The third kappa shape index (κ3) is 4.60. The molecule has 0 N–H and O–H groups in total. The zero-order chi connectivity index (χ0) is 17.8. The molecule has 0 bridgehead atoms. The van der Waals surface area contributed by atoms with Crippen LogP contribution in [0.3, 0.4) is 0 Å². The fourth-order valence-electron chi connectivity index (χ4n) is 2.47. The zero-order valence-electron chi connectivity index (χ0n) is 13.9. The predicted molar refractivity (Wildman–Crippen MR) is 101 cm³/mol. The molecule has 5 nitrogen and oxygen atoms in total. The van der Waals surface area contributed by atoms with E-state index in [1.165, 1.54) is 0 Å². The molecule has 130 valence electrons. The monoisotopic (exact) mass is 421 g/mol. The molecule has 2 aromatic carbocycles. The summed E-state index contributed by atoms with van der Waals surface area (Å²) in [6, 6.07) is 13.3. The van der Waals surface area contributed by atoms with Crippen LogP contribution in [0.25, 0.3) is 11.5 Å². The highest BCUT2D eigenvalue weighted by atomic mass is 79.9. The highest BCUT2D eigenvalue weighted by Gasteiger charge is 2.13. The van der Waals surface area contributed by atoms with Crippen molar-refractivity contribution in [2.24, 2.45) is 0 Å². The Hall–Kier alpha value is -1.89. The summed E-state index contributed by atoms with van der Waals surface area (Å²) in [5.74, 6) is 1.89. The molecule has 3 aromatic rings. The van der Waals surface area contributed by atoms with Crippen LogP contribution in [0.4, 0.5) is 0 Å². The molecule has 0 aliphatic carbocycles. The molecule has 0 fully saturated rings. The van der Waals surface area contributed by atoms with Gasteiger partial charge in [0.05, 0.1) is 13.7 Å². The first-order valence-corrected chi connectivity index (χ1v) is 8.81. The van der Waals surface area contributed by atoms with Crippen LogP contribution in [0.1, 0.15) is 11.5 Å². The van der Waals surface area contributed by atoms with Gasteiger partial charge in [-0.1, -0.05) is 27.5 Å². The van der Waals surface area contributed by atoms with Crippen molar-refractivity contribution in [1.82, 2.24) is 15.1 Å². The average molecular weight is 423 g/mol. The number of ether oxygens (including phenoxy) is 1. The van der Waals surface area contributed by atoms with Crippen LogP contribution in [-0.2, 0) is 13.1 Å². The van der Waals surface area contributed by atoms with Crippen LogP contribution in [-0.4, -0.2) is 29.3 Å². The van der Waals surface area contributed by atoms with Gasteiger partial charge in [0.15, 0.2) is 0 Å². The second kappa shape index (κ2) is 7.99. The summed E-state index contributed by atoms with van der Waals surface area (Å²) in [5.41, 5.74) is 1.93. The van der Waals surface area contributed by atoms with E-state index in [2.05, 4.69) is 31.0 Å². The van der Waals surface area contributed by atoms with Gasteiger partial charge in [0.25, 0.3) is 0 Å². The number of nitrogens with zero attached hydrogens (tertiary/aromatic N) is 3. The van der Waals surface area contributed by atoms with Crippen molar-refractivity contribution < 1.29 is 9.15 Å². The van der Waals surface area contributed by atoms with E-state index in [0.29, 0.717) is 29.9 Å². The fourth-order valence-corrected chi connectivity index (χ4v) is 3.01. The molecular formula is C18H17BrClN3O2. The Bertz CT molecular complexity index is 852. The van der Waals surface area contributed by atoms with E-state index in [4.69, 9.17) is 20.8 Å². The molecule has 25 heavy (non-hydrogen) atoms. The summed E-state index contributed by atoms with van der Waals surface area (Å²) in [6.45, 7) is 1.23. The minimum Gasteiger partial charge on any atom is -0.496 e. The first-order chi connectivity index (χ1) is 12.0. The van der Waals surface area contributed by atoms with Gasteiger partial charge in [-0.05, 0) is 49.5 Å². The largest absolute Gasteiger partial charge is 0.496 e. The maximum Gasteiger partial charge on any atom is 0.247 e. The van der Waals surface area contributed by atoms with Crippen LogP contribution in [0.5, 0.6) is 5.75 Å². The number of aromatic nitrogens is 2. The fraction of sp³-hybridized carbons (Fsp3) is 0.222. The Morgan fingerprint density at radius 2 is 1.88 bits per heavy atom. The van der Waals surface area contributed by atoms with E-state index < -0.39 is 0 Å². The second-order valence-electron chi connectivity index (χ2n) is 5.64. The number of benzene rings is 2. The Morgan fingerprint density at radius 1 is 1.12 bits per heavy atom. The number of halogens is 2. The molecule has 0 aliphatic heterocycles. The maximum absolute atomic E-state index is 5.90. The van der Waals surface area contributed by atoms with Gasteiger partial charge in [0.1, 0.15) is 5.75 Å². The van der Waals surface area contributed by atoms with Crippen LogP contribution in [0.2, 0.25) is 5.02 Å². The SMILES string of the molecule is COc1ccc(Br)cc1CN(C)Cc1nnc(-c2ccc(Cl)cc2)o1. The lowest BCUT2D eigenvalue weighted by molar-refractivity contribution is 0.277. The minimum absolute atomic E-state index is 0.486. The van der Waals surface area contributed by atoms with Gasteiger partial charge >= 0.3 is 0 Å². The van der Waals surface area contributed by atoms with E-state index in [0.717, 1.165) is 21.3 Å². The van der Waals surface area contributed by atoms with Gasteiger partial charge in [0, 0.05) is 27.2 Å². The molecular weight excluding hydrogens is 406 g/mol. The first-order valence-electron chi connectivity index (χ1n) is 7.64. The topological polar surface area (TPSA) is 51.4 Å². The van der Waals surface area contributed by atoms with Crippen molar-refractivity contribution in [2.45, 2.75) is 13.1 Å². The van der Waals surface area contributed by atoms with Crippen LogP contribution >= 0.6 is 27.5 Å². The Morgan fingerprint density at radius 3 is 2.60 bits per heavy atom. The zero-order valence-corrected chi connectivity index (χ0v) is 16.2. The molecule has 1 heterocycles. The highest BCUT2D eigenvalue weighted by molar-refractivity contribution is 9.10. The van der Waals surface area contributed by atoms with Crippen molar-refractivity contribution in [3.8, 4) is 17.2 Å². The quantitative estimate of drug-likeness (QED) is 0.571. The molecule has 1 aromatic heterocycles. The Balaban J connectivity index is 1.68. The van der Waals surface area contributed by atoms with E-state index in [-0.39, 0.29) is 0 Å². The van der Waals surface area contributed by atoms with Gasteiger partial charge in [-0.3, -0.25) is 4.90 Å². The number of rotatable bonds is 6. The summed E-state index contributed by atoms with van der Waals surface area (Å²) < 4.78 is 12.2. The summed E-state index contributed by atoms with van der Waals surface area (Å²) in [7, 11) is 3.66. The molecule has 0 amide bonds. The Kier molecular flexibility index (Phi) is 5.73. The van der Waals surface area contributed by atoms with Crippen molar-refractivity contribution in [3.63, 3.8) is 0 Å². The van der Waals surface area contributed by atoms with E-state index in [9.17, 15) is 0 Å². The van der Waals surface area contributed by atoms with Crippen LogP contribution < -0.4 is 4.74 Å². The van der Waals surface area contributed by atoms with Crippen molar-refractivity contribution in [2.75, 3.05) is 14.2 Å². The van der Waals surface area contributed by atoms with E-state index >= 15 is 0 Å². The van der Waals surface area contributed by atoms with Gasteiger partial charge in [0.2, 0.25) is 11.8 Å².